The second-order valence-electron chi connectivity index (χ2n) is 11.9. The Balaban J connectivity index is 1.27. The van der Waals surface area contributed by atoms with Crippen LogP contribution in [0.2, 0.25) is 0 Å². The van der Waals surface area contributed by atoms with Crippen molar-refractivity contribution in [1.29, 1.82) is 0 Å². The number of furan rings is 1. The van der Waals surface area contributed by atoms with Gasteiger partial charge in [0.05, 0.1) is 0 Å². The fraction of sp³-hybridized carbons (Fsp3) is 0. The first-order valence-electron chi connectivity index (χ1n) is 15.6. The topological polar surface area (TPSA) is 64.7 Å². The summed E-state index contributed by atoms with van der Waals surface area (Å²) < 4.78 is 6.31. The predicted octanol–water partition coefficient (Wildman–Crippen LogP) is 10.8. The van der Waals surface area contributed by atoms with E-state index in [1.165, 1.54) is 16.2 Å². The second-order valence-corrected chi connectivity index (χ2v) is 11.9. The first kappa shape index (κ1) is 25.8. The molecule has 0 unspecified atom stereocenters. The van der Waals surface area contributed by atoms with E-state index in [4.69, 9.17) is 19.4 Å². The Morgan fingerprint density at radius 2 is 1.02 bits per heavy atom. The first-order chi connectivity index (χ1) is 23.3. The molecule has 0 aliphatic carbocycles. The minimum absolute atomic E-state index is 0.606. The van der Waals surface area contributed by atoms with Crippen LogP contribution < -0.4 is 0 Å². The van der Waals surface area contributed by atoms with Gasteiger partial charge in [-0.3, -0.25) is 0 Å². The molecule has 0 saturated carbocycles. The Bertz CT molecular complexity index is 2870. The molecule has 3 heterocycles. The van der Waals surface area contributed by atoms with Crippen LogP contribution in [0.3, 0.4) is 0 Å². The fourth-order valence-corrected chi connectivity index (χ4v) is 6.93. The molecule has 10 aromatic rings. The average molecular weight is 601 g/mol. The lowest BCUT2D eigenvalue weighted by Gasteiger charge is -2.13. The van der Waals surface area contributed by atoms with Crippen LogP contribution in [0.1, 0.15) is 0 Å². The number of fused-ring (bicyclic) bond motifs is 9. The van der Waals surface area contributed by atoms with Crippen LogP contribution in [0, 0.1) is 0 Å². The number of pyridine rings is 1. The molecule has 0 fully saturated rings. The SMILES string of the molecule is c1ccc2cc(-c3nc(-c4cc5ccccc5c5ccccc45)nc(-c4cccc5c4ccc4c6cccnc6oc54)n3)ccc2c1. The highest BCUT2D eigenvalue weighted by atomic mass is 16.3. The molecule has 47 heavy (non-hydrogen) atoms. The van der Waals surface area contributed by atoms with Gasteiger partial charge in [-0.1, -0.05) is 109 Å². The monoisotopic (exact) mass is 600 g/mol. The van der Waals surface area contributed by atoms with Crippen LogP contribution in [-0.4, -0.2) is 19.9 Å². The van der Waals surface area contributed by atoms with Crippen LogP contribution in [0.4, 0.5) is 0 Å². The zero-order valence-corrected chi connectivity index (χ0v) is 25.1. The standard InChI is InChI=1S/C42H24N4O/c1-2-10-26-23-28(19-18-25(26)9-1)39-44-40(35-16-7-15-33-32(35)20-21-34-36-17-8-22-43-42(36)47-38(33)34)46-41(45-39)37-24-27-11-3-4-12-29(27)30-13-5-6-14-31(30)37/h1-24H. The molecule has 5 heteroatoms. The molecule has 218 valence electrons. The molecule has 3 aromatic heterocycles. The lowest BCUT2D eigenvalue weighted by atomic mass is 9.96. The van der Waals surface area contributed by atoms with Crippen LogP contribution in [0.5, 0.6) is 0 Å². The molecule has 0 spiro atoms. The molecule has 0 bridgehead atoms. The van der Waals surface area contributed by atoms with E-state index >= 15 is 0 Å². The molecule has 0 radical (unpaired) electrons. The average Bonchev–Trinajstić information content (AvgIpc) is 3.53. The Morgan fingerprint density at radius 3 is 1.91 bits per heavy atom. The summed E-state index contributed by atoms with van der Waals surface area (Å²) in [4.78, 5) is 20.0. The molecule has 0 aliphatic heterocycles. The van der Waals surface area contributed by atoms with Crippen molar-refractivity contribution in [3.8, 4) is 34.2 Å². The van der Waals surface area contributed by atoms with Crippen molar-refractivity contribution in [2.24, 2.45) is 0 Å². The molecular formula is C42H24N4O. The van der Waals surface area contributed by atoms with Crippen molar-refractivity contribution in [2.45, 2.75) is 0 Å². The first-order valence-corrected chi connectivity index (χ1v) is 15.6. The van der Waals surface area contributed by atoms with E-state index in [1.54, 1.807) is 6.20 Å². The summed E-state index contributed by atoms with van der Waals surface area (Å²) in [5, 5.41) is 10.9. The van der Waals surface area contributed by atoms with Crippen molar-refractivity contribution in [1.82, 2.24) is 19.9 Å². The zero-order chi connectivity index (χ0) is 30.9. The van der Waals surface area contributed by atoms with Crippen LogP contribution in [0.25, 0.3) is 99.3 Å². The van der Waals surface area contributed by atoms with Gasteiger partial charge in [0, 0.05) is 39.0 Å². The molecule has 0 atom stereocenters. The van der Waals surface area contributed by atoms with Gasteiger partial charge < -0.3 is 4.42 Å². The Hall–Kier alpha value is -6.46. The van der Waals surface area contributed by atoms with E-state index in [9.17, 15) is 0 Å². The molecule has 0 aliphatic rings. The summed E-state index contributed by atoms with van der Waals surface area (Å²) in [6.45, 7) is 0. The quantitative estimate of drug-likeness (QED) is 0.189. The second kappa shape index (κ2) is 10.0. The van der Waals surface area contributed by atoms with Crippen LogP contribution >= 0.6 is 0 Å². The minimum atomic E-state index is 0.606. The number of aromatic nitrogens is 4. The lowest BCUT2D eigenvalue weighted by Crippen LogP contribution is -2.01. The van der Waals surface area contributed by atoms with Crippen molar-refractivity contribution in [2.75, 3.05) is 0 Å². The number of rotatable bonds is 3. The molecule has 0 saturated heterocycles. The third-order valence-corrected chi connectivity index (χ3v) is 9.17. The highest BCUT2D eigenvalue weighted by Gasteiger charge is 2.19. The number of hydrogen-bond acceptors (Lipinski definition) is 5. The summed E-state index contributed by atoms with van der Waals surface area (Å²) in [6.07, 6.45) is 1.76. The van der Waals surface area contributed by atoms with Crippen molar-refractivity contribution in [3.05, 3.63) is 146 Å². The normalized spacial score (nSPS) is 11.8. The van der Waals surface area contributed by atoms with Crippen molar-refractivity contribution < 1.29 is 4.42 Å². The molecule has 7 aromatic carbocycles. The van der Waals surface area contributed by atoms with Gasteiger partial charge in [-0.25, -0.2) is 19.9 Å². The maximum absolute atomic E-state index is 6.31. The van der Waals surface area contributed by atoms with Crippen molar-refractivity contribution in [3.63, 3.8) is 0 Å². The van der Waals surface area contributed by atoms with Gasteiger partial charge in [-0.2, -0.15) is 0 Å². The van der Waals surface area contributed by atoms with Gasteiger partial charge >= 0.3 is 0 Å². The molecule has 5 nitrogen and oxygen atoms in total. The molecule has 0 N–H and O–H groups in total. The van der Waals surface area contributed by atoms with Gasteiger partial charge in [0.1, 0.15) is 5.58 Å². The number of hydrogen-bond donors (Lipinski definition) is 0. The van der Waals surface area contributed by atoms with E-state index in [1.807, 2.05) is 18.2 Å². The fourth-order valence-electron chi connectivity index (χ4n) is 6.93. The highest BCUT2D eigenvalue weighted by molar-refractivity contribution is 6.17. The molecule has 0 amide bonds. The van der Waals surface area contributed by atoms with E-state index in [2.05, 4.69) is 126 Å². The van der Waals surface area contributed by atoms with Crippen LogP contribution in [0.15, 0.2) is 150 Å². The largest absolute Gasteiger partial charge is 0.437 e. The van der Waals surface area contributed by atoms with Crippen LogP contribution in [-0.2, 0) is 0 Å². The summed E-state index contributed by atoms with van der Waals surface area (Å²) in [5.41, 5.74) is 4.25. The smallest absolute Gasteiger partial charge is 0.227 e. The Kier molecular flexibility index (Phi) is 5.51. The summed E-state index contributed by atoms with van der Waals surface area (Å²) in [5.74, 6) is 1.86. The number of nitrogens with zero attached hydrogens (tertiary/aromatic N) is 4. The summed E-state index contributed by atoms with van der Waals surface area (Å²) in [6, 6.07) is 48.4. The summed E-state index contributed by atoms with van der Waals surface area (Å²) >= 11 is 0. The van der Waals surface area contributed by atoms with Gasteiger partial charge in [-0.05, 0) is 68.0 Å². The van der Waals surface area contributed by atoms with E-state index in [-0.39, 0.29) is 0 Å². The molecule has 10 rings (SSSR count). The lowest BCUT2D eigenvalue weighted by molar-refractivity contribution is 0.657. The van der Waals surface area contributed by atoms with Gasteiger partial charge in [0.25, 0.3) is 0 Å². The van der Waals surface area contributed by atoms with Gasteiger partial charge in [0.2, 0.25) is 5.71 Å². The third kappa shape index (κ3) is 4.03. The highest BCUT2D eigenvalue weighted by Crippen LogP contribution is 2.39. The minimum Gasteiger partial charge on any atom is -0.437 e. The zero-order valence-electron chi connectivity index (χ0n) is 25.1. The van der Waals surface area contributed by atoms with Gasteiger partial charge in [-0.15, -0.1) is 0 Å². The maximum Gasteiger partial charge on any atom is 0.227 e. The van der Waals surface area contributed by atoms with E-state index < -0.39 is 0 Å². The predicted molar refractivity (Wildman–Crippen MR) is 191 cm³/mol. The number of benzene rings is 7. The third-order valence-electron chi connectivity index (χ3n) is 9.17. The van der Waals surface area contributed by atoms with Crippen molar-refractivity contribution >= 4 is 65.2 Å². The summed E-state index contributed by atoms with van der Waals surface area (Å²) in [7, 11) is 0. The van der Waals surface area contributed by atoms with E-state index in [0.717, 1.165) is 60.0 Å². The molecular weight excluding hydrogens is 576 g/mol. The Morgan fingerprint density at radius 1 is 0.383 bits per heavy atom. The Labute approximate surface area is 268 Å². The van der Waals surface area contributed by atoms with Gasteiger partial charge in [0.15, 0.2) is 17.5 Å². The van der Waals surface area contributed by atoms with E-state index in [0.29, 0.717) is 23.2 Å². The maximum atomic E-state index is 6.31.